The Morgan fingerprint density at radius 1 is 1.15 bits per heavy atom. The van der Waals surface area contributed by atoms with Crippen molar-refractivity contribution in [3.8, 4) is 11.3 Å². The highest BCUT2D eigenvalue weighted by molar-refractivity contribution is 6.41. The minimum Gasteiger partial charge on any atom is -0.373 e. The molecule has 1 atom stereocenters. The van der Waals surface area contributed by atoms with Crippen LogP contribution in [0.2, 0.25) is 5.02 Å². The number of nitrogens with one attached hydrogen (secondary N) is 3. The van der Waals surface area contributed by atoms with Gasteiger partial charge >= 0.3 is 0 Å². The van der Waals surface area contributed by atoms with Crippen LogP contribution in [0.15, 0.2) is 18.2 Å². The molecule has 2 bridgehead atoms. The van der Waals surface area contributed by atoms with Crippen molar-refractivity contribution in [2.75, 3.05) is 19.0 Å². The van der Waals surface area contributed by atoms with E-state index in [1.54, 1.807) is 30.2 Å². The Labute approximate surface area is 196 Å². The highest BCUT2D eigenvalue weighted by Crippen LogP contribution is 2.42. The molecule has 5 rings (SSSR count). The van der Waals surface area contributed by atoms with E-state index in [-0.39, 0.29) is 17.9 Å². The summed E-state index contributed by atoms with van der Waals surface area (Å²) in [4.78, 5) is 39.0. The predicted molar refractivity (Wildman–Crippen MR) is 127 cm³/mol. The highest BCUT2D eigenvalue weighted by atomic mass is 35.5. The molecule has 2 aromatic heterocycles. The van der Waals surface area contributed by atoms with E-state index in [2.05, 4.69) is 20.3 Å². The number of aromatic amines is 2. The van der Waals surface area contributed by atoms with Crippen LogP contribution < -0.4 is 5.32 Å². The van der Waals surface area contributed by atoms with Gasteiger partial charge in [0, 0.05) is 23.9 Å². The van der Waals surface area contributed by atoms with E-state index in [1.807, 2.05) is 26.8 Å². The Kier molecular flexibility index (Phi) is 5.14. The van der Waals surface area contributed by atoms with Gasteiger partial charge < -0.3 is 24.9 Å². The molecule has 3 aromatic rings. The van der Waals surface area contributed by atoms with E-state index in [1.165, 1.54) is 0 Å². The second-order valence-corrected chi connectivity index (χ2v) is 9.01. The van der Waals surface area contributed by atoms with Crippen molar-refractivity contribution in [2.24, 2.45) is 0 Å². The number of halogens is 1. The summed E-state index contributed by atoms with van der Waals surface area (Å²) < 4.78 is 5.96. The number of carbonyl (C=O) groups is 2. The van der Waals surface area contributed by atoms with Crippen LogP contribution in [0, 0.1) is 13.8 Å². The number of imidazole rings is 1. The Morgan fingerprint density at radius 2 is 1.94 bits per heavy atom. The van der Waals surface area contributed by atoms with E-state index in [9.17, 15) is 9.59 Å². The zero-order valence-electron chi connectivity index (χ0n) is 18.8. The van der Waals surface area contributed by atoms with E-state index in [0.29, 0.717) is 46.3 Å². The summed E-state index contributed by atoms with van der Waals surface area (Å²) in [7, 11) is 1.75. The zero-order chi connectivity index (χ0) is 23.4. The third kappa shape index (κ3) is 3.65. The van der Waals surface area contributed by atoms with Gasteiger partial charge in [0.1, 0.15) is 5.82 Å². The first-order valence-electron chi connectivity index (χ1n) is 10.7. The van der Waals surface area contributed by atoms with Crippen LogP contribution in [0.25, 0.3) is 22.9 Å². The standard InChI is InChI=1S/C24H24ClN5O3/c1-11-5-17-19(26-11)8-16-15-6-14(7-18(25)22(15)29-23(16)31)21-20(27-13(3)28-21)10-33-9-12(2)30(4)24(17)32/h5-8,12,26H,9-10H2,1-4H3,(H,27,28)(H,29,31)/b16-8-/t12-/m1/s1. The molecule has 0 radical (unpaired) electrons. The number of ether oxygens (including phenoxy) is 1. The number of anilines is 1. The fourth-order valence-corrected chi connectivity index (χ4v) is 4.56. The number of hydrogen-bond acceptors (Lipinski definition) is 4. The molecule has 2 aliphatic heterocycles. The Morgan fingerprint density at radius 3 is 2.73 bits per heavy atom. The summed E-state index contributed by atoms with van der Waals surface area (Å²) in [5.74, 6) is 0.321. The quantitative estimate of drug-likeness (QED) is 0.463. The van der Waals surface area contributed by atoms with Gasteiger partial charge in [-0.15, -0.1) is 0 Å². The molecular formula is C24H24ClN5O3. The number of likely N-dealkylation sites (N-methyl/N-ethyl adjacent to an activating group) is 1. The lowest BCUT2D eigenvalue weighted by Gasteiger charge is -2.25. The van der Waals surface area contributed by atoms with Crippen molar-refractivity contribution in [3.63, 3.8) is 0 Å². The monoisotopic (exact) mass is 465 g/mol. The smallest absolute Gasteiger partial charge is 0.256 e. The predicted octanol–water partition coefficient (Wildman–Crippen LogP) is 4.16. The van der Waals surface area contributed by atoms with Crippen molar-refractivity contribution in [3.05, 3.63) is 57.3 Å². The van der Waals surface area contributed by atoms with Crippen LogP contribution in [0.5, 0.6) is 0 Å². The molecule has 1 aromatic carbocycles. The van der Waals surface area contributed by atoms with E-state index in [4.69, 9.17) is 16.3 Å². The molecule has 2 amide bonds. The summed E-state index contributed by atoms with van der Waals surface area (Å²) >= 11 is 6.58. The second kappa shape index (κ2) is 7.90. The fraction of sp³-hybridized carbons (Fsp3) is 0.292. The molecular weight excluding hydrogens is 442 g/mol. The van der Waals surface area contributed by atoms with Gasteiger partial charge in [0.15, 0.2) is 0 Å². The summed E-state index contributed by atoms with van der Waals surface area (Å²) in [5.41, 5.74) is 5.85. The summed E-state index contributed by atoms with van der Waals surface area (Å²) in [6.45, 7) is 6.34. The van der Waals surface area contributed by atoms with E-state index < -0.39 is 0 Å². The van der Waals surface area contributed by atoms with Crippen molar-refractivity contribution in [1.29, 1.82) is 0 Å². The van der Waals surface area contributed by atoms with Crippen LogP contribution in [0.1, 0.15) is 45.8 Å². The van der Waals surface area contributed by atoms with Crippen molar-refractivity contribution >= 4 is 40.8 Å². The zero-order valence-corrected chi connectivity index (χ0v) is 19.6. The molecule has 3 N–H and O–H groups in total. The number of fused-ring (bicyclic) bond motifs is 4. The molecule has 0 saturated carbocycles. The van der Waals surface area contributed by atoms with Gasteiger partial charge in [0.25, 0.3) is 11.8 Å². The van der Waals surface area contributed by atoms with Crippen LogP contribution in [-0.4, -0.2) is 51.4 Å². The number of H-pyrrole nitrogens is 2. The average molecular weight is 466 g/mol. The van der Waals surface area contributed by atoms with Gasteiger partial charge in [0.2, 0.25) is 0 Å². The molecule has 9 heteroatoms. The van der Waals surface area contributed by atoms with Gasteiger partial charge in [-0.25, -0.2) is 4.98 Å². The fourth-order valence-electron chi connectivity index (χ4n) is 4.29. The summed E-state index contributed by atoms with van der Waals surface area (Å²) in [6, 6.07) is 5.33. The van der Waals surface area contributed by atoms with Crippen molar-refractivity contribution in [1.82, 2.24) is 19.9 Å². The second-order valence-electron chi connectivity index (χ2n) is 8.60. The number of aromatic nitrogens is 3. The number of aryl methyl sites for hydroxylation is 2. The van der Waals surface area contributed by atoms with E-state index >= 15 is 0 Å². The maximum Gasteiger partial charge on any atom is 0.256 e. The number of nitrogens with zero attached hydrogens (tertiary/aromatic N) is 2. The van der Waals surface area contributed by atoms with Gasteiger partial charge in [0.05, 0.1) is 58.2 Å². The maximum atomic E-state index is 13.3. The van der Waals surface area contributed by atoms with Crippen LogP contribution in [0.3, 0.4) is 0 Å². The molecule has 33 heavy (non-hydrogen) atoms. The first-order chi connectivity index (χ1) is 15.7. The highest BCUT2D eigenvalue weighted by Gasteiger charge is 2.30. The largest absolute Gasteiger partial charge is 0.373 e. The first-order valence-corrected chi connectivity index (χ1v) is 11.1. The number of rotatable bonds is 0. The SMILES string of the molecule is Cc1cc2c([nH]1)/C=C1\C(=O)Nc3c(Cl)cc(cc31)-c1nc(C)[nH]c1COC[C@@H](C)N(C)C2=O. The van der Waals surface area contributed by atoms with Crippen LogP contribution in [0.4, 0.5) is 5.69 Å². The molecule has 0 spiro atoms. The number of hydrogen-bond donors (Lipinski definition) is 3. The molecule has 170 valence electrons. The first kappa shape index (κ1) is 21.5. The third-order valence-electron chi connectivity index (χ3n) is 6.12. The van der Waals surface area contributed by atoms with Crippen molar-refractivity contribution in [2.45, 2.75) is 33.4 Å². The Hall–Kier alpha value is -3.36. The third-order valence-corrected chi connectivity index (χ3v) is 6.42. The van der Waals surface area contributed by atoms with Gasteiger partial charge in [-0.2, -0.15) is 0 Å². The minimum absolute atomic E-state index is 0.152. The molecule has 0 unspecified atom stereocenters. The van der Waals surface area contributed by atoms with Crippen LogP contribution in [-0.2, 0) is 16.1 Å². The molecule has 4 heterocycles. The minimum atomic E-state index is -0.275. The molecule has 0 saturated heterocycles. The maximum absolute atomic E-state index is 13.3. The normalized spacial score (nSPS) is 19.8. The topological polar surface area (TPSA) is 103 Å². The van der Waals surface area contributed by atoms with E-state index in [0.717, 1.165) is 28.5 Å². The lowest BCUT2D eigenvalue weighted by atomic mass is 10.00. The lowest BCUT2D eigenvalue weighted by molar-refractivity contribution is -0.110. The Balaban J connectivity index is 1.75. The molecule has 0 aliphatic carbocycles. The Bertz CT molecular complexity index is 1340. The number of carbonyl (C=O) groups excluding carboxylic acids is 2. The van der Waals surface area contributed by atoms with Gasteiger partial charge in [-0.1, -0.05) is 11.6 Å². The van der Waals surface area contributed by atoms with Gasteiger partial charge in [-0.3, -0.25) is 9.59 Å². The summed E-state index contributed by atoms with van der Waals surface area (Å²) in [5, 5.41) is 3.27. The number of benzene rings is 1. The van der Waals surface area contributed by atoms with Crippen molar-refractivity contribution < 1.29 is 14.3 Å². The average Bonchev–Trinajstić information content (AvgIpc) is 3.42. The number of amides is 2. The molecule has 8 nitrogen and oxygen atoms in total. The summed E-state index contributed by atoms with van der Waals surface area (Å²) in [6.07, 6.45) is 1.72. The lowest BCUT2D eigenvalue weighted by Crippen LogP contribution is -2.38. The van der Waals surface area contributed by atoms with Gasteiger partial charge in [-0.05, 0) is 45.0 Å². The molecule has 2 aliphatic rings. The van der Waals surface area contributed by atoms with Crippen LogP contribution >= 0.6 is 11.6 Å². The molecule has 0 fully saturated rings.